The van der Waals surface area contributed by atoms with Gasteiger partial charge in [-0.15, -0.1) is 0 Å². The van der Waals surface area contributed by atoms with Gasteiger partial charge in [0.25, 0.3) is 0 Å². The quantitative estimate of drug-likeness (QED) is 0.747. The average molecular weight is 328 g/mol. The van der Waals surface area contributed by atoms with Crippen LogP contribution in [-0.2, 0) is 11.8 Å². The van der Waals surface area contributed by atoms with Crippen LogP contribution in [0.15, 0.2) is 23.4 Å². The van der Waals surface area contributed by atoms with Crippen molar-refractivity contribution in [2.45, 2.75) is 50.5 Å². The second-order valence-electron chi connectivity index (χ2n) is 8.03. The fourth-order valence-electron chi connectivity index (χ4n) is 5.25. The molecule has 0 spiro atoms. The van der Waals surface area contributed by atoms with Gasteiger partial charge in [0.15, 0.2) is 0 Å². The third-order valence-electron chi connectivity index (χ3n) is 6.88. The average Bonchev–Trinajstić information content (AvgIpc) is 3.41. The molecule has 2 bridgehead atoms. The predicted molar refractivity (Wildman–Crippen MR) is 95.5 cm³/mol. The molecule has 3 aliphatic rings. The Balaban J connectivity index is 1.72. The van der Waals surface area contributed by atoms with Crippen LogP contribution in [-0.4, -0.2) is 37.7 Å². The highest BCUT2D eigenvalue weighted by atomic mass is 16.5. The molecule has 3 atom stereocenters. The van der Waals surface area contributed by atoms with E-state index in [0.717, 1.165) is 37.5 Å². The Hall–Kier alpha value is -1.42. The van der Waals surface area contributed by atoms with Crippen molar-refractivity contribution in [2.75, 3.05) is 26.7 Å². The zero-order valence-corrected chi connectivity index (χ0v) is 14.8. The topological polar surface area (TPSA) is 41.9 Å². The smallest absolute Gasteiger partial charge is 0.119 e. The maximum Gasteiger partial charge on any atom is 0.119 e. The van der Waals surface area contributed by atoms with Gasteiger partial charge in [-0.25, -0.2) is 0 Å². The van der Waals surface area contributed by atoms with Crippen LogP contribution in [0.5, 0.6) is 5.75 Å². The summed E-state index contributed by atoms with van der Waals surface area (Å²) >= 11 is 0. The number of hydrogen-bond acceptors (Lipinski definition) is 4. The molecule has 1 saturated heterocycles. The number of benzene rings is 1. The van der Waals surface area contributed by atoms with Gasteiger partial charge in [0.05, 0.1) is 13.7 Å². The van der Waals surface area contributed by atoms with Crippen LogP contribution in [0.1, 0.15) is 43.7 Å². The second kappa shape index (κ2) is 6.14. The molecule has 0 aromatic heterocycles. The molecular formula is C20H28N2O2. The first-order valence-electron chi connectivity index (χ1n) is 9.38. The van der Waals surface area contributed by atoms with Gasteiger partial charge in [0.2, 0.25) is 0 Å². The monoisotopic (exact) mass is 328 g/mol. The number of nitrogens with zero attached hydrogens (tertiary/aromatic N) is 2. The van der Waals surface area contributed by atoms with Crippen LogP contribution in [0.3, 0.4) is 0 Å². The van der Waals surface area contributed by atoms with Gasteiger partial charge in [-0.3, -0.25) is 4.90 Å². The number of nitroso groups, excluding NO2 is 1. The molecule has 1 aliphatic heterocycles. The summed E-state index contributed by atoms with van der Waals surface area (Å²) in [6.45, 7) is 5.23. The summed E-state index contributed by atoms with van der Waals surface area (Å²) in [7, 11) is 1.73. The molecule has 0 amide bonds. The normalized spacial score (nSPS) is 32.2. The minimum Gasteiger partial charge on any atom is -0.497 e. The van der Waals surface area contributed by atoms with Gasteiger partial charge in [0, 0.05) is 18.0 Å². The van der Waals surface area contributed by atoms with E-state index in [1.807, 2.05) is 0 Å². The van der Waals surface area contributed by atoms with Crippen molar-refractivity contribution in [1.82, 2.24) is 4.90 Å². The highest BCUT2D eigenvalue weighted by Crippen LogP contribution is 2.52. The van der Waals surface area contributed by atoms with E-state index in [2.05, 4.69) is 35.2 Å². The minimum absolute atomic E-state index is 0.0841. The lowest BCUT2D eigenvalue weighted by Crippen LogP contribution is -2.59. The molecule has 2 fully saturated rings. The largest absolute Gasteiger partial charge is 0.497 e. The van der Waals surface area contributed by atoms with E-state index < -0.39 is 0 Å². The van der Waals surface area contributed by atoms with Crippen LogP contribution in [0, 0.1) is 16.7 Å². The molecule has 4 nitrogen and oxygen atoms in total. The Kier molecular flexibility index (Phi) is 4.11. The van der Waals surface area contributed by atoms with Crippen LogP contribution in [0.25, 0.3) is 0 Å². The van der Waals surface area contributed by atoms with Crippen molar-refractivity contribution in [1.29, 1.82) is 0 Å². The van der Waals surface area contributed by atoms with Gasteiger partial charge in [-0.2, -0.15) is 4.91 Å². The van der Waals surface area contributed by atoms with E-state index in [4.69, 9.17) is 4.74 Å². The zero-order chi connectivity index (χ0) is 16.7. The first kappa shape index (κ1) is 16.1. The minimum atomic E-state index is 0.0841. The number of fused-ring (bicyclic) bond motifs is 4. The highest BCUT2D eigenvalue weighted by Gasteiger charge is 2.51. The summed E-state index contributed by atoms with van der Waals surface area (Å²) in [5.74, 6) is 2.42. The van der Waals surface area contributed by atoms with Crippen molar-refractivity contribution in [2.24, 2.45) is 17.0 Å². The number of rotatable bonds is 6. The fraction of sp³-hybridized carbons (Fsp3) is 0.700. The molecule has 130 valence electrons. The molecule has 1 heterocycles. The van der Waals surface area contributed by atoms with E-state index in [-0.39, 0.29) is 5.41 Å². The van der Waals surface area contributed by atoms with Crippen LogP contribution < -0.4 is 4.74 Å². The van der Waals surface area contributed by atoms with Crippen molar-refractivity contribution < 1.29 is 4.74 Å². The first-order valence-corrected chi connectivity index (χ1v) is 9.38. The van der Waals surface area contributed by atoms with Gasteiger partial charge in [0.1, 0.15) is 5.75 Å². The SMILES string of the molecule is COc1ccc2c(c1)C1(CCN=O)CCN(CC3CC3)C(C2)C1C. The third-order valence-corrected chi connectivity index (χ3v) is 6.88. The second-order valence-corrected chi connectivity index (χ2v) is 8.03. The van der Waals surface area contributed by atoms with Gasteiger partial charge in [-0.1, -0.05) is 18.2 Å². The Morgan fingerprint density at radius 1 is 1.38 bits per heavy atom. The molecule has 3 unspecified atom stereocenters. The third kappa shape index (κ3) is 2.55. The zero-order valence-electron chi connectivity index (χ0n) is 14.8. The first-order chi connectivity index (χ1) is 11.7. The van der Waals surface area contributed by atoms with Crippen molar-refractivity contribution in [3.63, 3.8) is 0 Å². The molecule has 24 heavy (non-hydrogen) atoms. The number of hydrogen-bond donors (Lipinski definition) is 0. The summed E-state index contributed by atoms with van der Waals surface area (Å²) in [5.41, 5.74) is 2.95. The lowest BCUT2D eigenvalue weighted by atomic mass is 9.56. The summed E-state index contributed by atoms with van der Waals surface area (Å²) in [5, 5.41) is 3.20. The molecule has 1 aromatic carbocycles. The Labute approximate surface area is 144 Å². The number of likely N-dealkylation sites (tertiary alicyclic amines) is 1. The van der Waals surface area contributed by atoms with Crippen molar-refractivity contribution in [3.05, 3.63) is 34.2 Å². The van der Waals surface area contributed by atoms with Crippen LogP contribution in [0.4, 0.5) is 0 Å². The van der Waals surface area contributed by atoms with Crippen molar-refractivity contribution >= 4 is 0 Å². The molecule has 1 saturated carbocycles. The molecule has 1 aromatic rings. The molecular weight excluding hydrogens is 300 g/mol. The van der Waals surface area contributed by atoms with E-state index in [9.17, 15) is 4.91 Å². The number of methoxy groups -OCH3 is 1. The maximum absolute atomic E-state index is 10.9. The molecule has 0 N–H and O–H groups in total. The van der Waals surface area contributed by atoms with E-state index in [1.165, 1.54) is 30.5 Å². The van der Waals surface area contributed by atoms with Crippen LogP contribution >= 0.6 is 0 Å². The molecule has 2 aliphatic carbocycles. The van der Waals surface area contributed by atoms with E-state index in [0.29, 0.717) is 18.5 Å². The van der Waals surface area contributed by atoms with Gasteiger partial charge in [-0.05, 0) is 73.7 Å². The number of ether oxygens (including phenoxy) is 1. The Bertz CT molecular complexity index is 628. The summed E-state index contributed by atoms with van der Waals surface area (Å²) in [6, 6.07) is 7.16. The van der Waals surface area contributed by atoms with Crippen LogP contribution in [0.2, 0.25) is 0 Å². The highest BCUT2D eigenvalue weighted by molar-refractivity contribution is 5.45. The van der Waals surface area contributed by atoms with Gasteiger partial charge < -0.3 is 4.74 Å². The van der Waals surface area contributed by atoms with Gasteiger partial charge >= 0.3 is 0 Å². The number of piperidine rings is 1. The maximum atomic E-state index is 10.9. The lowest BCUT2D eigenvalue weighted by Gasteiger charge is -2.56. The fourth-order valence-corrected chi connectivity index (χ4v) is 5.25. The van der Waals surface area contributed by atoms with E-state index in [1.54, 1.807) is 7.11 Å². The standard InChI is InChI=1S/C20H28N2O2/c1-14-19-11-16-5-6-17(24-2)12-18(16)20(14,7-9-21-23)8-10-22(19)13-15-3-4-15/h5-6,12,14-15,19H,3-4,7-11,13H2,1-2H3. The molecule has 4 rings (SSSR count). The van der Waals surface area contributed by atoms with Crippen molar-refractivity contribution in [3.8, 4) is 5.75 Å². The summed E-state index contributed by atoms with van der Waals surface area (Å²) in [4.78, 5) is 13.6. The summed E-state index contributed by atoms with van der Waals surface area (Å²) < 4.78 is 5.49. The molecule has 0 radical (unpaired) electrons. The molecule has 4 heteroatoms. The Morgan fingerprint density at radius 2 is 2.21 bits per heavy atom. The Morgan fingerprint density at radius 3 is 2.92 bits per heavy atom. The lowest BCUT2D eigenvalue weighted by molar-refractivity contribution is 0.0168. The summed E-state index contributed by atoms with van der Waals surface area (Å²) in [6.07, 6.45) is 5.94. The van der Waals surface area contributed by atoms with E-state index >= 15 is 0 Å². The predicted octanol–water partition coefficient (Wildman–Crippen LogP) is 3.77.